The first-order chi connectivity index (χ1) is 14.5. The van der Waals surface area contributed by atoms with E-state index in [4.69, 9.17) is 0 Å². The normalized spacial score (nSPS) is 11.9. The number of aryl methyl sites for hydroxylation is 1. The summed E-state index contributed by atoms with van der Waals surface area (Å²) in [6.45, 7) is 6.16. The van der Waals surface area contributed by atoms with Crippen LogP contribution in [0.1, 0.15) is 48.2 Å². The number of pyridine rings is 1. The van der Waals surface area contributed by atoms with E-state index in [2.05, 4.69) is 0 Å². The van der Waals surface area contributed by atoms with E-state index in [1.54, 1.807) is 22.8 Å². The first-order valence-corrected chi connectivity index (χ1v) is 9.78. The van der Waals surface area contributed by atoms with Crippen LogP contribution < -0.4 is 10.5 Å². The van der Waals surface area contributed by atoms with Gasteiger partial charge < -0.3 is 9.47 Å². The number of benzene rings is 2. The summed E-state index contributed by atoms with van der Waals surface area (Å²) in [7, 11) is 1.33. The maximum atomic E-state index is 13.6. The lowest BCUT2D eigenvalue weighted by Crippen LogP contribution is -2.27. The summed E-state index contributed by atoms with van der Waals surface area (Å²) in [5, 5.41) is 0.728. The van der Waals surface area contributed by atoms with E-state index >= 15 is 0 Å². The second-order valence-corrected chi connectivity index (χ2v) is 7.59. The minimum atomic E-state index is -4.87. The van der Waals surface area contributed by atoms with Crippen LogP contribution in [0.25, 0.3) is 10.9 Å². The molecule has 8 heteroatoms. The summed E-state index contributed by atoms with van der Waals surface area (Å²) < 4.78 is 54.3. The van der Waals surface area contributed by atoms with Crippen LogP contribution in [0.2, 0.25) is 0 Å². The smallest absolute Gasteiger partial charge is 0.311 e. The highest BCUT2D eigenvalue weighted by Gasteiger charge is 2.34. The number of nitrogens with zero attached hydrogens (tertiary/aromatic N) is 2. The average molecular weight is 434 g/mol. The molecule has 0 saturated heterocycles. The van der Waals surface area contributed by atoms with Gasteiger partial charge in [0.15, 0.2) is 0 Å². The van der Waals surface area contributed by atoms with Crippen molar-refractivity contribution >= 4 is 22.5 Å². The van der Waals surface area contributed by atoms with E-state index in [0.717, 1.165) is 21.9 Å². The molecule has 0 radical (unpaired) electrons. The molecule has 0 aliphatic rings. The predicted octanol–water partition coefficient (Wildman–Crippen LogP) is 5.58. The molecule has 0 bridgehead atoms. The van der Waals surface area contributed by atoms with Crippen molar-refractivity contribution in [2.45, 2.75) is 39.4 Å². The van der Waals surface area contributed by atoms with E-state index in [-0.39, 0.29) is 22.7 Å². The molecule has 3 aromatic rings. The number of fused-ring (bicyclic) bond motifs is 1. The molecule has 4 nitrogen and oxygen atoms in total. The standard InChI is InChI=1S/C23H22F4N2O2/c1-5-29-20-9-6-14(10-17(20)16(13(2)3)12-21(29)30)22(31)28(4)15-7-8-19(24)18(11-15)23(25,26)27/h6-13H,5H2,1-4H3. The fourth-order valence-corrected chi connectivity index (χ4v) is 3.60. The van der Waals surface area contributed by atoms with Gasteiger partial charge in [0.2, 0.25) is 0 Å². The summed E-state index contributed by atoms with van der Waals surface area (Å²) in [6, 6.07) is 8.82. The van der Waals surface area contributed by atoms with Crippen LogP contribution in [0.4, 0.5) is 23.2 Å². The first kappa shape index (κ1) is 22.5. The Kier molecular flexibility index (Phi) is 5.93. The van der Waals surface area contributed by atoms with Crippen LogP contribution in [0.3, 0.4) is 0 Å². The van der Waals surface area contributed by atoms with Crippen LogP contribution >= 0.6 is 0 Å². The molecular weight excluding hydrogens is 412 g/mol. The summed E-state index contributed by atoms with van der Waals surface area (Å²) in [6.07, 6.45) is -4.87. The largest absolute Gasteiger partial charge is 0.419 e. The Labute approximate surface area is 176 Å². The summed E-state index contributed by atoms with van der Waals surface area (Å²) in [5.74, 6) is -1.93. The third-order valence-electron chi connectivity index (χ3n) is 5.28. The van der Waals surface area contributed by atoms with Gasteiger partial charge in [0.1, 0.15) is 5.82 Å². The lowest BCUT2D eigenvalue weighted by atomic mass is 9.97. The Balaban J connectivity index is 2.10. The number of alkyl halides is 3. The van der Waals surface area contributed by atoms with Crippen LogP contribution in [0.5, 0.6) is 0 Å². The van der Waals surface area contributed by atoms with Crippen molar-refractivity contribution in [1.82, 2.24) is 4.57 Å². The third-order valence-corrected chi connectivity index (χ3v) is 5.28. The van der Waals surface area contributed by atoms with Crippen LogP contribution in [-0.2, 0) is 12.7 Å². The zero-order chi connectivity index (χ0) is 23.1. The van der Waals surface area contributed by atoms with E-state index in [9.17, 15) is 27.2 Å². The number of hydrogen-bond acceptors (Lipinski definition) is 2. The molecule has 31 heavy (non-hydrogen) atoms. The lowest BCUT2D eigenvalue weighted by molar-refractivity contribution is -0.139. The zero-order valence-electron chi connectivity index (χ0n) is 17.5. The van der Waals surface area contributed by atoms with Crippen molar-refractivity contribution in [2.75, 3.05) is 11.9 Å². The highest BCUT2D eigenvalue weighted by molar-refractivity contribution is 6.07. The molecule has 1 heterocycles. The van der Waals surface area contributed by atoms with Gasteiger partial charge in [-0.15, -0.1) is 0 Å². The number of halogens is 4. The number of carbonyl (C=O) groups is 1. The van der Waals surface area contributed by atoms with Crippen LogP contribution in [0.15, 0.2) is 47.3 Å². The van der Waals surface area contributed by atoms with Crippen molar-refractivity contribution in [2.24, 2.45) is 0 Å². The maximum Gasteiger partial charge on any atom is 0.419 e. The molecule has 0 saturated carbocycles. The molecule has 0 unspecified atom stereocenters. The van der Waals surface area contributed by atoms with Crippen molar-refractivity contribution in [3.8, 4) is 0 Å². The second-order valence-electron chi connectivity index (χ2n) is 7.59. The Morgan fingerprint density at radius 3 is 2.35 bits per heavy atom. The molecule has 164 valence electrons. The Hall–Kier alpha value is -3.16. The van der Waals surface area contributed by atoms with Crippen LogP contribution in [0, 0.1) is 5.82 Å². The zero-order valence-corrected chi connectivity index (χ0v) is 17.5. The van der Waals surface area contributed by atoms with Crippen LogP contribution in [-0.4, -0.2) is 17.5 Å². The molecule has 0 atom stereocenters. The van der Waals surface area contributed by atoms with Crippen molar-refractivity contribution in [3.63, 3.8) is 0 Å². The SMILES string of the molecule is CCn1c(=O)cc(C(C)C)c2cc(C(=O)N(C)c3ccc(F)c(C(F)(F)F)c3)ccc21. The van der Waals surface area contributed by atoms with Gasteiger partial charge in [0, 0.05) is 36.3 Å². The number of rotatable bonds is 4. The topological polar surface area (TPSA) is 42.3 Å². The summed E-state index contributed by atoms with van der Waals surface area (Å²) in [4.78, 5) is 26.5. The number of amides is 1. The molecule has 2 aromatic carbocycles. The number of carbonyl (C=O) groups excluding carboxylic acids is 1. The molecule has 0 aliphatic heterocycles. The molecule has 3 rings (SSSR count). The van der Waals surface area contributed by atoms with Gasteiger partial charge in [0.25, 0.3) is 11.5 Å². The van der Waals surface area contributed by atoms with E-state index in [1.807, 2.05) is 20.8 Å². The van der Waals surface area contributed by atoms with Gasteiger partial charge in [-0.25, -0.2) is 4.39 Å². The van der Waals surface area contributed by atoms with Crippen molar-refractivity contribution in [3.05, 3.63) is 75.3 Å². The number of anilines is 1. The van der Waals surface area contributed by atoms with Gasteiger partial charge >= 0.3 is 6.18 Å². The quantitative estimate of drug-likeness (QED) is 0.503. The highest BCUT2D eigenvalue weighted by atomic mass is 19.4. The molecule has 0 N–H and O–H groups in total. The summed E-state index contributed by atoms with van der Waals surface area (Å²) >= 11 is 0. The Morgan fingerprint density at radius 2 is 1.77 bits per heavy atom. The maximum absolute atomic E-state index is 13.6. The molecule has 0 fully saturated rings. The molecule has 0 aliphatic carbocycles. The minimum absolute atomic E-state index is 0.0243. The van der Waals surface area contributed by atoms with E-state index < -0.39 is 23.5 Å². The summed E-state index contributed by atoms with van der Waals surface area (Å²) in [5.41, 5.74) is 0.0535. The fourth-order valence-electron chi connectivity index (χ4n) is 3.60. The van der Waals surface area contributed by atoms with Gasteiger partial charge in [-0.2, -0.15) is 13.2 Å². The fraction of sp³-hybridized carbons (Fsp3) is 0.304. The van der Waals surface area contributed by atoms with Gasteiger partial charge in [-0.05, 0) is 54.8 Å². The molecule has 1 amide bonds. The lowest BCUT2D eigenvalue weighted by Gasteiger charge is -2.20. The molecular formula is C23H22F4N2O2. The first-order valence-electron chi connectivity index (χ1n) is 9.78. The minimum Gasteiger partial charge on any atom is -0.311 e. The molecule has 1 aromatic heterocycles. The molecule has 0 spiro atoms. The average Bonchev–Trinajstić information content (AvgIpc) is 2.71. The Morgan fingerprint density at radius 1 is 1.10 bits per heavy atom. The van der Waals surface area contributed by atoms with Gasteiger partial charge in [-0.1, -0.05) is 13.8 Å². The van der Waals surface area contributed by atoms with Crippen molar-refractivity contribution < 1.29 is 22.4 Å². The highest BCUT2D eigenvalue weighted by Crippen LogP contribution is 2.34. The third kappa shape index (κ3) is 4.19. The Bertz CT molecular complexity index is 1210. The predicted molar refractivity (Wildman–Crippen MR) is 112 cm³/mol. The second kappa shape index (κ2) is 8.17. The number of hydrogen-bond donors (Lipinski definition) is 0. The van der Waals surface area contributed by atoms with E-state index in [0.29, 0.717) is 24.2 Å². The van der Waals surface area contributed by atoms with E-state index in [1.165, 1.54) is 13.1 Å². The monoisotopic (exact) mass is 434 g/mol. The van der Waals surface area contributed by atoms with Crippen molar-refractivity contribution in [1.29, 1.82) is 0 Å². The number of aromatic nitrogens is 1. The van der Waals surface area contributed by atoms with Gasteiger partial charge in [-0.3, -0.25) is 9.59 Å². The van der Waals surface area contributed by atoms with Gasteiger partial charge in [0.05, 0.1) is 11.1 Å².